The van der Waals surface area contributed by atoms with E-state index in [9.17, 15) is 9.18 Å². The van der Waals surface area contributed by atoms with Gasteiger partial charge in [0.05, 0.1) is 5.69 Å². The fourth-order valence-electron chi connectivity index (χ4n) is 1.44. The summed E-state index contributed by atoms with van der Waals surface area (Å²) in [5, 5.41) is 0. The lowest BCUT2D eigenvalue weighted by Crippen LogP contribution is -2.24. The first kappa shape index (κ1) is 12.2. The summed E-state index contributed by atoms with van der Waals surface area (Å²) in [5.41, 5.74) is 0.781. The summed E-state index contributed by atoms with van der Waals surface area (Å²) in [7, 11) is 0. The van der Waals surface area contributed by atoms with E-state index in [2.05, 4.69) is 13.2 Å². The molecule has 0 unspecified atom stereocenters. The molecule has 0 aromatic heterocycles. The molecule has 1 aromatic rings. The van der Waals surface area contributed by atoms with Crippen LogP contribution in [0.4, 0.5) is 10.1 Å². The van der Waals surface area contributed by atoms with E-state index in [-0.39, 0.29) is 0 Å². The Balaban J connectivity index is 3.03. The number of hydrogen-bond acceptors (Lipinski definition) is 2. The van der Waals surface area contributed by atoms with Gasteiger partial charge >= 0.3 is 0 Å². The Morgan fingerprint density at radius 2 is 1.88 bits per heavy atom. The van der Waals surface area contributed by atoms with Gasteiger partial charge in [0.2, 0.25) is 0 Å². The van der Waals surface area contributed by atoms with E-state index in [0.717, 1.165) is 0 Å². The van der Waals surface area contributed by atoms with E-state index in [1.807, 2.05) is 0 Å². The molecule has 0 aliphatic heterocycles. The zero-order valence-electron chi connectivity index (χ0n) is 9.03. The van der Waals surface area contributed by atoms with Gasteiger partial charge in [0, 0.05) is 18.7 Å². The highest BCUT2D eigenvalue weighted by atomic mass is 19.1. The molecule has 0 N–H and O–H groups in total. The number of benzene rings is 1. The molecule has 2 nitrogen and oxygen atoms in total. The Kier molecular flexibility index (Phi) is 4.45. The van der Waals surface area contributed by atoms with Crippen LogP contribution in [0.25, 0.3) is 0 Å². The van der Waals surface area contributed by atoms with Crippen LogP contribution in [0.15, 0.2) is 43.5 Å². The van der Waals surface area contributed by atoms with Gasteiger partial charge in [-0.2, -0.15) is 0 Å². The van der Waals surface area contributed by atoms with Gasteiger partial charge in [-0.3, -0.25) is 4.79 Å². The number of anilines is 1. The number of hydrogen-bond donors (Lipinski definition) is 0. The fourth-order valence-corrected chi connectivity index (χ4v) is 1.44. The SMILES string of the molecule is C=CCN(CC=C)c1ccc(C=O)cc1F. The highest BCUT2D eigenvalue weighted by Gasteiger charge is 2.09. The Morgan fingerprint density at radius 3 is 2.31 bits per heavy atom. The maximum atomic E-state index is 13.7. The van der Waals surface area contributed by atoms with Crippen LogP contribution in [0, 0.1) is 5.82 Å². The molecule has 0 saturated carbocycles. The minimum Gasteiger partial charge on any atom is -0.362 e. The van der Waals surface area contributed by atoms with Crippen molar-refractivity contribution in [3.8, 4) is 0 Å². The molecule has 0 aliphatic carbocycles. The van der Waals surface area contributed by atoms with Crippen molar-refractivity contribution in [2.75, 3.05) is 18.0 Å². The Hall–Kier alpha value is -1.90. The number of carbonyl (C=O) groups is 1. The second-order valence-electron chi connectivity index (χ2n) is 3.31. The molecule has 0 saturated heterocycles. The molecule has 0 aliphatic rings. The van der Waals surface area contributed by atoms with Crippen molar-refractivity contribution in [2.45, 2.75) is 0 Å². The molecule has 16 heavy (non-hydrogen) atoms. The van der Waals surface area contributed by atoms with Gasteiger partial charge in [0.25, 0.3) is 0 Å². The lowest BCUT2D eigenvalue weighted by Gasteiger charge is -2.22. The van der Waals surface area contributed by atoms with Crippen molar-refractivity contribution in [1.82, 2.24) is 0 Å². The average Bonchev–Trinajstić information content (AvgIpc) is 2.29. The summed E-state index contributed by atoms with van der Waals surface area (Å²) in [5.74, 6) is -0.409. The first-order valence-electron chi connectivity index (χ1n) is 4.94. The van der Waals surface area contributed by atoms with Crippen LogP contribution in [-0.4, -0.2) is 19.4 Å². The Labute approximate surface area is 94.7 Å². The smallest absolute Gasteiger partial charge is 0.150 e. The summed E-state index contributed by atoms with van der Waals surface area (Å²) >= 11 is 0. The van der Waals surface area contributed by atoms with Crippen LogP contribution >= 0.6 is 0 Å². The molecule has 0 fully saturated rings. The molecule has 0 heterocycles. The average molecular weight is 219 g/mol. The van der Waals surface area contributed by atoms with Crippen molar-refractivity contribution in [3.63, 3.8) is 0 Å². The lowest BCUT2D eigenvalue weighted by atomic mass is 10.2. The maximum absolute atomic E-state index is 13.7. The number of rotatable bonds is 6. The summed E-state index contributed by atoms with van der Waals surface area (Å²) in [6, 6.07) is 4.40. The van der Waals surface area contributed by atoms with Gasteiger partial charge in [-0.05, 0) is 18.2 Å². The molecule has 0 atom stereocenters. The van der Waals surface area contributed by atoms with Crippen molar-refractivity contribution >= 4 is 12.0 Å². The van der Waals surface area contributed by atoms with Gasteiger partial charge in [0.1, 0.15) is 12.1 Å². The van der Waals surface area contributed by atoms with E-state index in [1.54, 1.807) is 29.2 Å². The first-order valence-corrected chi connectivity index (χ1v) is 4.94. The fraction of sp³-hybridized carbons (Fsp3) is 0.154. The minimum absolute atomic E-state index is 0.332. The third-order valence-electron chi connectivity index (χ3n) is 2.15. The number of nitrogens with zero attached hydrogens (tertiary/aromatic N) is 1. The second-order valence-corrected chi connectivity index (χ2v) is 3.31. The Morgan fingerprint density at radius 1 is 1.25 bits per heavy atom. The van der Waals surface area contributed by atoms with Crippen molar-refractivity contribution in [1.29, 1.82) is 0 Å². The predicted molar refractivity (Wildman–Crippen MR) is 64.4 cm³/mol. The number of halogens is 1. The monoisotopic (exact) mass is 219 g/mol. The molecule has 1 rings (SSSR count). The van der Waals surface area contributed by atoms with Crippen molar-refractivity contribution in [2.24, 2.45) is 0 Å². The van der Waals surface area contributed by atoms with Crippen LogP contribution in [0.2, 0.25) is 0 Å². The summed E-state index contributed by atoms with van der Waals surface area (Å²) in [4.78, 5) is 12.3. The third-order valence-corrected chi connectivity index (χ3v) is 2.15. The van der Waals surface area contributed by atoms with Crippen LogP contribution in [0.5, 0.6) is 0 Å². The maximum Gasteiger partial charge on any atom is 0.150 e. The van der Waals surface area contributed by atoms with Crippen LogP contribution in [0.3, 0.4) is 0 Å². The number of aldehydes is 1. The molecule has 0 amide bonds. The summed E-state index contributed by atoms with van der Waals surface area (Å²) in [6.07, 6.45) is 4.01. The molecular formula is C13H14FNO. The molecule has 1 aromatic carbocycles. The molecule has 0 radical (unpaired) electrons. The van der Waals surface area contributed by atoms with E-state index >= 15 is 0 Å². The molecular weight excluding hydrogens is 205 g/mol. The zero-order chi connectivity index (χ0) is 12.0. The van der Waals surface area contributed by atoms with Crippen molar-refractivity contribution in [3.05, 3.63) is 54.9 Å². The summed E-state index contributed by atoms with van der Waals surface area (Å²) < 4.78 is 13.7. The second kappa shape index (κ2) is 5.85. The number of carbonyl (C=O) groups excluding carboxylic acids is 1. The quantitative estimate of drug-likeness (QED) is 0.541. The lowest BCUT2D eigenvalue weighted by molar-refractivity contribution is 0.112. The van der Waals surface area contributed by atoms with Gasteiger partial charge in [-0.15, -0.1) is 13.2 Å². The van der Waals surface area contributed by atoms with Gasteiger partial charge < -0.3 is 4.90 Å². The third kappa shape index (κ3) is 2.79. The van der Waals surface area contributed by atoms with Crippen molar-refractivity contribution < 1.29 is 9.18 Å². The topological polar surface area (TPSA) is 20.3 Å². The van der Waals surface area contributed by atoms with Crippen LogP contribution in [-0.2, 0) is 0 Å². The zero-order valence-corrected chi connectivity index (χ0v) is 9.03. The molecule has 84 valence electrons. The highest BCUT2D eigenvalue weighted by molar-refractivity contribution is 5.76. The molecule has 0 spiro atoms. The van der Waals surface area contributed by atoms with E-state index in [0.29, 0.717) is 30.6 Å². The molecule has 3 heteroatoms. The van der Waals surface area contributed by atoms with E-state index in [1.165, 1.54) is 6.07 Å². The van der Waals surface area contributed by atoms with Crippen LogP contribution < -0.4 is 4.90 Å². The first-order chi connectivity index (χ1) is 7.72. The van der Waals surface area contributed by atoms with Crippen LogP contribution in [0.1, 0.15) is 10.4 Å². The largest absolute Gasteiger partial charge is 0.362 e. The summed E-state index contributed by atoms with van der Waals surface area (Å²) in [6.45, 7) is 8.30. The van der Waals surface area contributed by atoms with Gasteiger partial charge in [-0.1, -0.05) is 12.2 Å². The minimum atomic E-state index is -0.409. The normalized spacial score (nSPS) is 9.56. The Bertz CT molecular complexity index is 391. The highest BCUT2D eigenvalue weighted by Crippen LogP contribution is 2.19. The van der Waals surface area contributed by atoms with Gasteiger partial charge in [-0.25, -0.2) is 4.39 Å². The van der Waals surface area contributed by atoms with E-state index in [4.69, 9.17) is 0 Å². The standard InChI is InChI=1S/C13H14FNO/c1-3-7-15(8-4-2)13-6-5-11(10-16)9-12(13)14/h3-6,9-10H,1-2,7-8H2. The molecule has 0 bridgehead atoms. The van der Waals surface area contributed by atoms with Gasteiger partial charge in [0.15, 0.2) is 0 Å². The van der Waals surface area contributed by atoms with E-state index < -0.39 is 5.82 Å². The predicted octanol–water partition coefficient (Wildman–Crippen LogP) is 2.82.